The van der Waals surface area contributed by atoms with Gasteiger partial charge in [0.05, 0.1) is 5.69 Å². The van der Waals surface area contributed by atoms with Gasteiger partial charge in [-0.1, -0.05) is 25.5 Å². The summed E-state index contributed by atoms with van der Waals surface area (Å²) in [5.74, 6) is 0.448. The van der Waals surface area contributed by atoms with Crippen molar-refractivity contribution in [2.75, 3.05) is 18.4 Å². The highest BCUT2D eigenvalue weighted by molar-refractivity contribution is 7.89. The maximum Gasteiger partial charge on any atom is 0.242 e. The second-order valence-electron chi connectivity index (χ2n) is 5.50. The zero-order chi connectivity index (χ0) is 15.9. The van der Waals surface area contributed by atoms with Crippen LogP contribution in [-0.4, -0.2) is 27.5 Å². The Labute approximate surface area is 128 Å². The molecular weight excluding hydrogens is 286 g/mol. The first-order chi connectivity index (χ1) is 9.90. The zero-order valence-corrected chi connectivity index (χ0v) is 13.9. The van der Waals surface area contributed by atoms with Crippen LogP contribution in [0.2, 0.25) is 0 Å². The molecule has 6 heteroatoms. The topological polar surface area (TPSA) is 84.2 Å². The highest BCUT2D eigenvalue weighted by atomic mass is 32.2. The lowest BCUT2D eigenvalue weighted by molar-refractivity contribution is 0.501. The third kappa shape index (κ3) is 5.65. The van der Waals surface area contributed by atoms with Crippen LogP contribution in [0.3, 0.4) is 0 Å². The molecule has 0 radical (unpaired) electrons. The van der Waals surface area contributed by atoms with Crippen LogP contribution >= 0.6 is 0 Å². The van der Waals surface area contributed by atoms with Crippen molar-refractivity contribution in [3.63, 3.8) is 0 Å². The Bertz CT molecular complexity index is 529. The largest absolute Gasteiger partial charge is 0.384 e. The van der Waals surface area contributed by atoms with Crippen LogP contribution < -0.4 is 15.8 Å². The molecule has 0 aliphatic heterocycles. The van der Waals surface area contributed by atoms with Crippen molar-refractivity contribution in [3.8, 4) is 0 Å². The summed E-state index contributed by atoms with van der Waals surface area (Å²) in [6.45, 7) is 7.10. The number of para-hydroxylation sites is 1. The van der Waals surface area contributed by atoms with Crippen molar-refractivity contribution in [3.05, 3.63) is 24.3 Å². The summed E-state index contributed by atoms with van der Waals surface area (Å²) in [6, 6.07) is 6.85. The molecule has 1 rings (SSSR count). The van der Waals surface area contributed by atoms with Crippen molar-refractivity contribution in [1.29, 1.82) is 0 Å². The molecule has 4 N–H and O–H groups in total. The van der Waals surface area contributed by atoms with E-state index in [1.165, 1.54) is 0 Å². The van der Waals surface area contributed by atoms with Gasteiger partial charge in [-0.05, 0) is 44.9 Å². The third-order valence-electron chi connectivity index (χ3n) is 3.30. The molecule has 0 aliphatic rings. The first-order valence-corrected chi connectivity index (χ1v) is 8.94. The van der Waals surface area contributed by atoms with E-state index in [2.05, 4.69) is 17.0 Å². The fraction of sp³-hybridized carbons (Fsp3) is 0.600. The minimum Gasteiger partial charge on any atom is -0.384 e. The Hall–Kier alpha value is -1.11. The van der Waals surface area contributed by atoms with Crippen LogP contribution in [0.25, 0.3) is 0 Å². The lowest BCUT2D eigenvalue weighted by atomic mass is 10.0. The summed E-state index contributed by atoms with van der Waals surface area (Å²) in [6.07, 6.45) is 1.95. The summed E-state index contributed by atoms with van der Waals surface area (Å²) in [4.78, 5) is 0.293. The molecule has 0 aliphatic carbocycles. The van der Waals surface area contributed by atoms with E-state index in [0.717, 1.165) is 19.4 Å². The minimum atomic E-state index is -3.49. The highest BCUT2D eigenvalue weighted by Gasteiger charge is 2.19. The number of anilines is 1. The number of hydrogen-bond acceptors (Lipinski definition) is 4. The van der Waals surface area contributed by atoms with Gasteiger partial charge in [-0.25, -0.2) is 13.1 Å². The van der Waals surface area contributed by atoms with Gasteiger partial charge >= 0.3 is 0 Å². The van der Waals surface area contributed by atoms with Gasteiger partial charge in [0, 0.05) is 12.6 Å². The van der Waals surface area contributed by atoms with E-state index < -0.39 is 10.0 Å². The molecular formula is C15H27N3O2S. The Morgan fingerprint density at radius 2 is 1.90 bits per heavy atom. The fourth-order valence-corrected chi connectivity index (χ4v) is 3.60. The van der Waals surface area contributed by atoms with Crippen molar-refractivity contribution in [2.45, 2.75) is 44.6 Å². The Balaban J connectivity index is 2.89. The normalized spacial score (nSPS) is 13.4. The molecule has 0 bridgehead atoms. The van der Waals surface area contributed by atoms with E-state index in [4.69, 9.17) is 5.73 Å². The SMILES string of the molecule is CCC(CCN)CNc1ccccc1S(=O)(=O)NC(C)C. The monoisotopic (exact) mass is 313 g/mol. The molecule has 1 aromatic carbocycles. The second kappa shape index (κ2) is 8.36. The maximum absolute atomic E-state index is 12.3. The van der Waals surface area contributed by atoms with Gasteiger partial charge in [-0.3, -0.25) is 0 Å². The van der Waals surface area contributed by atoms with Gasteiger partial charge in [0.1, 0.15) is 4.90 Å². The Kier molecular flexibility index (Phi) is 7.14. The third-order valence-corrected chi connectivity index (χ3v) is 5.02. The first kappa shape index (κ1) is 17.9. The van der Waals surface area contributed by atoms with Gasteiger partial charge < -0.3 is 11.1 Å². The molecule has 21 heavy (non-hydrogen) atoms. The first-order valence-electron chi connectivity index (χ1n) is 7.46. The maximum atomic E-state index is 12.3. The van der Waals surface area contributed by atoms with Crippen LogP contribution in [0.5, 0.6) is 0 Å². The van der Waals surface area contributed by atoms with E-state index in [9.17, 15) is 8.42 Å². The van der Waals surface area contributed by atoms with Gasteiger partial charge in [0.25, 0.3) is 0 Å². The molecule has 0 aromatic heterocycles. The molecule has 1 atom stereocenters. The number of hydrogen-bond donors (Lipinski definition) is 3. The quantitative estimate of drug-likeness (QED) is 0.652. The van der Waals surface area contributed by atoms with E-state index in [-0.39, 0.29) is 6.04 Å². The van der Waals surface area contributed by atoms with Crippen LogP contribution in [0.15, 0.2) is 29.2 Å². The molecule has 1 unspecified atom stereocenters. The van der Waals surface area contributed by atoms with Gasteiger partial charge in [0.15, 0.2) is 0 Å². The van der Waals surface area contributed by atoms with Gasteiger partial charge in [-0.2, -0.15) is 0 Å². The van der Waals surface area contributed by atoms with E-state index in [0.29, 0.717) is 23.0 Å². The summed E-state index contributed by atoms with van der Waals surface area (Å²) in [5.41, 5.74) is 6.23. The fourth-order valence-electron chi connectivity index (χ4n) is 2.16. The van der Waals surface area contributed by atoms with E-state index in [1.807, 2.05) is 19.9 Å². The number of nitrogens with one attached hydrogen (secondary N) is 2. The molecule has 1 aromatic rings. The van der Waals surface area contributed by atoms with Crippen LogP contribution in [-0.2, 0) is 10.0 Å². The minimum absolute atomic E-state index is 0.135. The van der Waals surface area contributed by atoms with Crippen molar-refractivity contribution >= 4 is 15.7 Å². The standard InChI is InChI=1S/C15H27N3O2S/c1-4-13(9-10-16)11-17-14-7-5-6-8-15(14)21(19,20)18-12(2)3/h5-8,12-13,17-18H,4,9-11,16H2,1-3H3. The number of nitrogens with two attached hydrogens (primary N) is 1. The Morgan fingerprint density at radius 3 is 2.48 bits per heavy atom. The van der Waals surface area contributed by atoms with Crippen LogP contribution in [0, 0.1) is 5.92 Å². The lowest BCUT2D eigenvalue weighted by Crippen LogP contribution is -2.31. The lowest BCUT2D eigenvalue weighted by Gasteiger charge is -2.18. The number of rotatable bonds is 9. The summed E-state index contributed by atoms with van der Waals surface area (Å²) < 4.78 is 27.3. The Morgan fingerprint density at radius 1 is 1.24 bits per heavy atom. The van der Waals surface area contributed by atoms with Gasteiger partial charge in [0.2, 0.25) is 10.0 Å². The molecule has 0 fully saturated rings. The summed E-state index contributed by atoms with van der Waals surface area (Å²) in [5, 5.41) is 3.25. The zero-order valence-electron chi connectivity index (χ0n) is 13.1. The van der Waals surface area contributed by atoms with E-state index >= 15 is 0 Å². The van der Waals surface area contributed by atoms with Crippen molar-refractivity contribution < 1.29 is 8.42 Å². The molecule has 0 amide bonds. The highest BCUT2D eigenvalue weighted by Crippen LogP contribution is 2.22. The second-order valence-corrected chi connectivity index (χ2v) is 7.19. The molecule has 0 saturated carbocycles. The molecule has 5 nitrogen and oxygen atoms in total. The van der Waals surface area contributed by atoms with Crippen molar-refractivity contribution in [1.82, 2.24) is 4.72 Å². The van der Waals surface area contributed by atoms with Crippen molar-refractivity contribution in [2.24, 2.45) is 11.7 Å². The molecule has 0 saturated heterocycles. The predicted octanol–water partition coefficient (Wildman–Crippen LogP) is 2.16. The average molecular weight is 313 g/mol. The summed E-state index contributed by atoms with van der Waals surface area (Å²) in [7, 11) is -3.49. The summed E-state index contributed by atoms with van der Waals surface area (Å²) >= 11 is 0. The smallest absolute Gasteiger partial charge is 0.242 e. The molecule has 0 heterocycles. The molecule has 0 spiro atoms. The molecule has 120 valence electrons. The number of benzene rings is 1. The van der Waals surface area contributed by atoms with Crippen LogP contribution in [0.1, 0.15) is 33.6 Å². The average Bonchev–Trinajstić information content (AvgIpc) is 2.42. The predicted molar refractivity (Wildman–Crippen MR) is 87.8 cm³/mol. The van der Waals surface area contributed by atoms with Gasteiger partial charge in [-0.15, -0.1) is 0 Å². The van der Waals surface area contributed by atoms with Crippen LogP contribution in [0.4, 0.5) is 5.69 Å². The van der Waals surface area contributed by atoms with E-state index in [1.54, 1.807) is 18.2 Å². The number of sulfonamides is 1.